The van der Waals surface area contributed by atoms with Crippen molar-refractivity contribution in [2.75, 3.05) is 11.5 Å². The molecule has 0 amide bonds. The molecule has 0 fully saturated rings. The lowest BCUT2D eigenvalue weighted by molar-refractivity contribution is 0.562. The van der Waals surface area contributed by atoms with Crippen molar-refractivity contribution >= 4 is 11.6 Å². The molecule has 0 unspecified atom stereocenters. The normalized spacial score (nSPS) is 10.7. The number of aromatic nitrogens is 2. The van der Waals surface area contributed by atoms with Crippen LogP contribution in [0.5, 0.6) is 0 Å². The number of anilines is 2. The molecule has 4 N–H and O–H groups in total. The zero-order valence-electron chi connectivity index (χ0n) is 11.5. The summed E-state index contributed by atoms with van der Waals surface area (Å²) < 4.78 is 5.36. The molecule has 5 nitrogen and oxygen atoms in total. The first-order chi connectivity index (χ1) is 10.2. The van der Waals surface area contributed by atoms with E-state index >= 15 is 0 Å². The molecular weight excluding hydrogens is 264 g/mol. The number of hydrogen-bond acceptors (Lipinski definition) is 5. The SMILES string of the molecule is Nc1cc(Cc2cocc2Cc2ccnc(N)c2)ccn1. The Morgan fingerprint density at radius 1 is 0.810 bits per heavy atom. The second-order valence-corrected chi connectivity index (χ2v) is 4.95. The molecule has 0 radical (unpaired) electrons. The summed E-state index contributed by atoms with van der Waals surface area (Å²) in [5, 5.41) is 0. The molecule has 0 saturated heterocycles. The standard InChI is InChI=1S/C16H16N4O/c17-15-7-11(1-3-19-15)5-13-9-21-10-14(13)6-12-2-4-20-16(18)8-12/h1-4,7-10H,5-6H2,(H2,17,19)(H2,18,20). The summed E-state index contributed by atoms with van der Waals surface area (Å²) in [7, 11) is 0. The molecule has 0 aliphatic rings. The summed E-state index contributed by atoms with van der Waals surface area (Å²) in [5.41, 5.74) is 15.9. The maximum Gasteiger partial charge on any atom is 0.123 e. The van der Waals surface area contributed by atoms with Crippen LogP contribution in [0.15, 0.2) is 53.6 Å². The van der Waals surface area contributed by atoms with E-state index in [-0.39, 0.29) is 0 Å². The summed E-state index contributed by atoms with van der Waals surface area (Å²) in [4.78, 5) is 8.00. The van der Waals surface area contributed by atoms with Gasteiger partial charge in [-0.2, -0.15) is 0 Å². The molecule has 0 spiro atoms. The van der Waals surface area contributed by atoms with Gasteiger partial charge in [0.25, 0.3) is 0 Å². The van der Waals surface area contributed by atoms with Gasteiger partial charge in [0, 0.05) is 25.2 Å². The van der Waals surface area contributed by atoms with Gasteiger partial charge in [-0.3, -0.25) is 0 Å². The number of hydrogen-bond donors (Lipinski definition) is 2. The molecule has 0 saturated carbocycles. The van der Waals surface area contributed by atoms with Crippen LogP contribution in [0.1, 0.15) is 22.3 Å². The van der Waals surface area contributed by atoms with E-state index in [1.165, 1.54) is 0 Å². The van der Waals surface area contributed by atoms with Gasteiger partial charge in [-0.1, -0.05) is 0 Å². The van der Waals surface area contributed by atoms with Gasteiger partial charge >= 0.3 is 0 Å². The van der Waals surface area contributed by atoms with E-state index < -0.39 is 0 Å². The van der Waals surface area contributed by atoms with Crippen LogP contribution in [0.2, 0.25) is 0 Å². The highest BCUT2D eigenvalue weighted by atomic mass is 16.3. The van der Waals surface area contributed by atoms with Crippen LogP contribution in [-0.2, 0) is 12.8 Å². The summed E-state index contributed by atoms with van der Waals surface area (Å²) in [6.45, 7) is 0. The number of rotatable bonds is 4. The lowest BCUT2D eigenvalue weighted by Crippen LogP contribution is -1.97. The van der Waals surface area contributed by atoms with Gasteiger partial charge in [0.15, 0.2) is 0 Å². The first kappa shape index (κ1) is 13.2. The zero-order valence-corrected chi connectivity index (χ0v) is 11.5. The van der Waals surface area contributed by atoms with E-state index in [1.807, 2.05) is 24.3 Å². The fourth-order valence-corrected chi connectivity index (χ4v) is 2.31. The predicted molar refractivity (Wildman–Crippen MR) is 81.6 cm³/mol. The molecule has 3 heterocycles. The molecule has 3 rings (SSSR count). The Morgan fingerprint density at radius 2 is 1.29 bits per heavy atom. The van der Waals surface area contributed by atoms with E-state index in [0.717, 1.165) is 35.1 Å². The lowest BCUT2D eigenvalue weighted by atomic mass is 10.00. The third-order valence-electron chi connectivity index (χ3n) is 3.31. The number of pyridine rings is 2. The van der Waals surface area contributed by atoms with Crippen molar-refractivity contribution in [1.82, 2.24) is 9.97 Å². The first-order valence-corrected chi connectivity index (χ1v) is 6.65. The minimum Gasteiger partial charge on any atom is -0.472 e. The Bertz CT molecular complexity index is 689. The number of nitrogens with two attached hydrogens (primary N) is 2. The Kier molecular flexibility index (Phi) is 3.55. The van der Waals surface area contributed by atoms with Gasteiger partial charge in [0.05, 0.1) is 12.5 Å². The molecule has 0 bridgehead atoms. The van der Waals surface area contributed by atoms with E-state index in [1.54, 1.807) is 24.9 Å². The molecule has 3 aromatic rings. The van der Waals surface area contributed by atoms with Crippen LogP contribution < -0.4 is 11.5 Å². The summed E-state index contributed by atoms with van der Waals surface area (Å²) in [6.07, 6.45) is 8.51. The Balaban J connectivity index is 1.81. The fourth-order valence-electron chi connectivity index (χ4n) is 2.31. The van der Waals surface area contributed by atoms with E-state index in [9.17, 15) is 0 Å². The molecule has 0 aromatic carbocycles. The molecule has 5 heteroatoms. The minimum absolute atomic E-state index is 0.527. The van der Waals surface area contributed by atoms with Crippen LogP contribution in [0.3, 0.4) is 0 Å². The van der Waals surface area contributed by atoms with Gasteiger partial charge in [-0.15, -0.1) is 0 Å². The molecule has 106 valence electrons. The monoisotopic (exact) mass is 280 g/mol. The second-order valence-electron chi connectivity index (χ2n) is 4.95. The Hall–Kier alpha value is -2.82. The smallest absolute Gasteiger partial charge is 0.123 e. The predicted octanol–water partition coefficient (Wildman–Crippen LogP) is 2.42. The third-order valence-corrected chi connectivity index (χ3v) is 3.31. The molecule has 0 aliphatic carbocycles. The van der Waals surface area contributed by atoms with Gasteiger partial charge in [-0.25, -0.2) is 9.97 Å². The molecular formula is C16H16N4O. The van der Waals surface area contributed by atoms with Crippen molar-refractivity contribution in [3.63, 3.8) is 0 Å². The molecule has 0 aliphatic heterocycles. The van der Waals surface area contributed by atoms with Crippen LogP contribution in [0.25, 0.3) is 0 Å². The first-order valence-electron chi connectivity index (χ1n) is 6.65. The van der Waals surface area contributed by atoms with Crippen molar-refractivity contribution in [1.29, 1.82) is 0 Å². The van der Waals surface area contributed by atoms with Crippen molar-refractivity contribution in [3.05, 3.63) is 71.4 Å². The van der Waals surface area contributed by atoms with Crippen molar-refractivity contribution in [2.45, 2.75) is 12.8 Å². The third kappa shape index (κ3) is 3.20. The van der Waals surface area contributed by atoms with E-state index in [0.29, 0.717) is 11.6 Å². The van der Waals surface area contributed by atoms with E-state index in [2.05, 4.69) is 9.97 Å². The quantitative estimate of drug-likeness (QED) is 0.765. The average molecular weight is 280 g/mol. The highest BCUT2D eigenvalue weighted by Gasteiger charge is 2.08. The van der Waals surface area contributed by atoms with Gasteiger partial charge in [-0.05, 0) is 46.5 Å². The van der Waals surface area contributed by atoms with Crippen LogP contribution >= 0.6 is 0 Å². The number of furan rings is 1. The molecule has 3 aromatic heterocycles. The highest BCUT2D eigenvalue weighted by Crippen LogP contribution is 2.20. The Labute approximate surface area is 122 Å². The summed E-state index contributed by atoms with van der Waals surface area (Å²) in [5.74, 6) is 1.05. The fraction of sp³-hybridized carbons (Fsp3) is 0.125. The second kappa shape index (κ2) is 5.66. The van der Waals surface area contributed by atoms with Crippen molar-refractivity contribution < 1.29 is 4.42 Å². The highest BCUT2D eigenvalue weighted by molar-refractivity contribution is 5.39. The minimum atomic E-state index is 0.527. The van der Waals surface area contributed by atoms with Gasteiger partial charge in [0.1, 0.15) is 11.6 Å². The van der Waals surface area contributed by atoms with Crippen molar-refractivity contribution in [2.24, 2.45) is 0 Å². The maximum atomic E-state index is 5.71. The number of nitrogen functional groups attached to an aromatic ring is 2. The van der Waals surface area contributed by atoms with Crippen molar-refractivity contribution in [3.8, 4) is 0 Å². The maximum absolute atomic E-state index is 5.71. The largest absolute Gasteiger partial charge is 0.472 e. The topological polar surface area (TPSA) is 91.0 Å². The Morgan fingerprint density at radius 3 is 1.71 bits per heavy atom. The summed E-state index contributed by atoms with van der Waals surface area (Å²) >= 11 is 0. The molecule has 0 atom stereocenters. The average Bonchev–Trinajstić information content (AvgIpc) is 2.86. The van der Waals surface area contributed by atoms with Crippen LogP contribution in [0.4, 0.5) is 11.6 Å². The number of nitrogens with zero attached hydrogens (tertiary/aromatic N) is 2. The van der Waals surface area contributed by atoms with Crippen LogP contribution in [0, 0.1) is 0 Å². The molecule has 21 heavy (non-hydrogen) atoms. The van der Waals surface area contributed by atoms with Crippen LogP contribution in [-0.4, -0.2) is 9.97 Å². The summed E-state index contributed by atoms with van der Waals surface area (Å²) in [6, 6.07) is 7.66. The zero-order chi connectivity index (χ0) is 14.7. The van der Waals surface area contributed by atoms with Gasteiger partial charge in [0.2, 0.25) is 0 Å². The van der Waals surface area contributed by atoms with Gasteiger partial charge < -0.3 is 15.9 Å². The van der Waals surface area contributed by atoms with E-state index in [4.69, 9.17) is 15.9 Å². The lowest BCUT2D eigenvalue weighted by Gasteiger charge is -2.05.